The molecule has 2 heterocycles. The molecule has 1 aromatic heterocycles. The van der Waals surface area contributed by atoms with Crippen LogP contribution in [0.1, 0.15) is 38.9 Å². The zero-order valence-corrected chi connectivity index (χ0v) is 10.8. The molecule has 4 nitrogen and oxygen atoms in total. The molecular formula is C13H23N3O. The lowest BCUT2D eigenvalue weighted by molar-refractivity contribution is 0.0399. The molecule has 3 atom stereocenters. The molecule has 0 spiro atoms. The lowest BCUT2D eigenvalue weighted by Crippen LogP contribution is -2.37. The Morgan fingerprint density at radius 3 is 3.06 bits per heavy atom. The van der Waals surface area contributed by atoms with Gasteiger partial charge in [0.25, 0.3) is 0 Å². The Kier molecular flexibility index (Phi) is 4.18. The van der Waals surface area contributed by atoms with E-state index in [1.54, 1.807) is 0 Å². The van der Waals surface area contributed by atoms with Crippen molar-refractivity contribution in [2.45, 2.75) is 64.3 Å². The first-order chi connectivity index (χ1) is 8.20. The molecule has 2 N–H and O–H groups in total. The van der Waals surface area contributed by atoms with Crippen molar-refractivity contribution in [3.05, 3.63) is 18.2 Å². The molecule has 0 radical (unpaired) electrons. The van der Waals surface area contributed by atoms with Crippen LogP contribution in [0.3, 0.4) is 0 Å². The number of aryl methyl sites for hydroxylation is 1. The van der Waals surface area contributed by atoms with Crippen LogP contribution in [0.2, 0.25) is 0 Å². The van der Waals surface area contributed by atoms with Crippen molar-refractivity contribution in [2.75, 3.05) is 0 Å². The van der Waals surface area contributed by atoms with Crippen LogP contribution < -0.4 is 5.73 Å². The summed E-state index contributed by atoms with van der Waals surface area (Å²) in [5.74, 6) is 1.09. The van der Waals surface area contributed by atoms with E-state index in [1.165, 1.54) is 0 Å². The molecule has 0 saturated carbocycles. The first-order valence-electron chi connectivity index (χ1n) is 6.61. The number of nitrogens with two attached hydrogens (primary N) is 1. The van der Waals surface area contributed by atoms with Crippen LogP contribution in [0.25, 0.3) is 0 Å². The van der Waals surface area contributed by atoms with E-state index in [0.717, 1.165) is 38.1 Å². The monoisotopic (exact) mass is 237 g/mol. The van der Waals surface area contributed by atoms with Gasteiger partial charge in [-0.2, -0.15) is 0 Å². The predicted octanol–water partition coefficient (Wildman–Crippen LogP) is 1.73. The van der Waals surface area contributed by atoms with Gasteiger partial charge >= 0.3 is 0 Å². The average molecular weight is 237 g/mol. The van der Waals surface area contributed by atoms with Crippen LogP contribution in [-0.2, 0) is 17.7 Å². The highest BCUT2D eigenvalue weighted by Gasteiger charge is 2.28. The molecule has 0 amide bonds. The predicted molar refractivity (Wildman–Crippen MR) is 67.8 cm³/mol. The van der Waals surface area contributed by atoms with Crippen molar-refractivity contribution in [1.82, 2.24) is 9.55 Å². The molecule has 17 heavy (non-hydrogen) atoms. The van der Waals surface area contributed by atoms with Crippen LogP contribution in [-0.4, -0.2) is 27.8 Å². The van der Waals surface area contributed by atoms with Crippen molar-refractivity contribution in [3.8, 4) is 0 Å². The fourth-order valence-electron chi connectivity index (χ4n) is 2.47. The number of ether oxygens (including phenoxy) is 1. The molecule has 1 saturated heterocycles. The minimum atomic E-state index is 0.0676. The number of aromatic nitrogens is 2. The first kappa shape index (κ1) is 12.6. The number of nitrogens with zero attached hydrogens (tertiary/aromatic N) is 2. The second-order valence-electron chi connectivity index (χ2n) is 4.97. The largest absolute Gasteiger partial charge is 0.374 e. The van der Waals surface area contributed by atoms with E-state index >= 15 is 0 Å². The van der Waals surface area contributed by atoms with Gasteiger partial charge in [-0.3, -0.25) is 0 Å². The Morgan fingerprint density at radius 2 is 2.41 bits per heavy atom. The van der Waals surface area contributed by atoms with Gasteiger partial charge in [0, 0.05) is 31.4 Å². The summed E-state index contributed by atoms with van der Waals surface area (Å²) in [5.41, 5.74) is 6.22. The molecule has 1 aromatic rings. The smallest absolute Gasteiger partial charge is 0.110 e. The molecule has 0 bridgehead atoms. The fraction of sp³-hybridized carbons (Fsp3) is 0.769. The second kappa shape index (κ2) is 5.65. The summed E-state index contributed by atoms with van der Waals surface area (Å²) < 4.78 is 8.00. The molecule has 1 aliphatic heterocycles. The average Bonchev–Trinajstić information content (AvgIpc) is 2.89. The SMILES string of the molecule is CCCn1ccnc1CC(N)C1CCC(C)O1. The Labute approximate surface area is 103 Å². The highest BCUT2D eigenvalue weighted by Crippen LogP contribution is 2.22. The fourth-order valence-corrected chi connectivity index (χ4v) is 2.47. The third-order valence-electron chi connectivity index (χ3n) is 3.43. The lowest BCUT2D eigenvalue weighted by atomic mass is 10.0. The summed E-state index contributed by atoms with van der Waals surface area (Å²) in [6.45, 7) is 5.31. The number of hydrogen-bond acceptors (Lipinski definition) is 3. The van der Waals surface area contributed by atoms with E-state index in [9.17, 15) is 0 Å². The summed E-state index contributed by atoms with van der Waals surface area (Å²) in [4.78, 5) is 4.39. The zero-order chi connectivity index (χ0) is 12.3. The number of rotatable bonds is 5. The van der Waals surface area contributed by atoms with Gasteiger partial charge < -0.3 is 15.0 Å². The van der Waals surface area contributed by atoms with Crippen molar-refractivity contribution in [3.63, 3.8) is 0 Å². The topological polar surface area (TPSA) is 53.1 Å². The zero-order valence-electron chi connectivity index (χ0n) is 10.8. The molecule has 0 aliphatic carbocycles. The van der Waals surface area contributed by atoms with E-state index in [0.29, 0.717) is 6.10 Å². The highest BCUT2D eigenvalue weighted by molar-refractivity contribution is 4.97. The van der Waals surface area contributed by atoms with Gasteiger partial charge in [0.05, 0.1) is 12.2 Å². The van der Waals surface area contributed by atoms with Crippen LogP contribution in [0.15, 0.2) is 12.4 Å². The minimum Gasteiger partial charge on any atom is -0.374 e. The highest BCUT2D eigenvalue weighted by atomic mass is 16.5. The van der Waals surface area contributed by atoms with Gasteiger partial charge in [0.15, 0.2) is 0 Å². The van der Waals surface area contributed by atoms with Gasteiger partial charge in [-0.1, -0.05) is 6.92 Å². The Morgan fingerprint density at radius 1 is 1.59 bits per heavy atom. The van der Waals surface area contributed by atoms with E-state index < -0.39 is 0 Å². The lowest BCUT2D eigenvalue weighted by Gasteiger charge is -2.19. The third-order valence-corrected chi connectivity index (χ3v) is 3.43. The summed E-state index contributed by atoms with van der Waals surface area (Å²) in [6.07, 6.45) is 8.59. The third kappa shape index (κ3) is 3.07. The molecule has 0 aromatic carbocycles. The minimum absolute atomic E-state index is 0.0676. The normalized spacial score (nSPS) is 26.3. The van der Waals surface area contributed by atoms with E-state index in [-0.39, 0.29) is 12.1 Å². The Bertz CT molecular complexity index is 350. The second-order valence-corrected chi connectivity index (χ2v) is 4.97. The van der Waals surface area contributed by atoms with Crippen molar-refractivity contribution in [2.24, 2.45) is 5.73 Å². The maximum Gasteiger partial charge on any atom is 0.110 e. The summed E-state index contributed by atoms with van der Waals surface area (Å²) in [7, 11) is 0. The van der Waals surface area contributed by atoms with Gasteiger partial charge in [0.1, 0.15) is 5.82 Å². The summed E-state index contributed by atoms with van der Waals surface area (Å²) >= 11 is 0. The summed E-state index contributed by atoms with van der Waals surface area (Å²) in [5, 5.41) is 0. The Hall–Kier alpha value is -0.870. The van der Waals surface area contributed by atoms with Gasteiger partial charge in [-0.05, 0) is 26.2 Å². The molecule has 1 aliphatic rings. The van der Waals surface area contributed by atoms with E-state index in [1.807, 2.05) is 12.4 Å². The molecule has 4 heteroatoms. The summed E-state index contributed by atoms with van der Waals surface area (Å²) in [6, 6.07) is 0.0676. The maximum atomic E-state index is 6.22. The Balaban J connectivity index is 1.93. The van der Waals surface area contributed by atoms with Crippen LogP contribution in [0.5, 0.6) is 0 Å². The van der Waals surface area contributed by atoms with E-state index in [4.69, 9.17) is 10.5 Å². The number of imidazole rings is 1. The van der Waals surface area contributed by atoms with Gasteiger partial charge in [-0.15, -0.1) is 0 Å². The standard InChI is InChI=1S/C13H23N3O/c1-3-7-16-8-6-15-13(16)9-11(14)12-5-4-10(2)17-12/h6,8,10-12H,3-5,7,9,14H2,1-2H3. The molecule has 3 unspecified atom stereocenters. The maximum absolute atomic E-state index is 6.22. The van der Waals surface area contributed by atoms with Crippen LogP contribution >= 0.6 is 0 Å². The van der Waals surface area contributed by atoms with Crippen molar-refractivity contribution < 1.29 is 4.74 Å². The van der Waals surface area contributed by atoms with Crippen LogP contribution in [0, 0.1) is 0 Å². The first-order valence-corrected chi connectivity index (χ1v) is 6.61. The molecular weight excluding hydrogens is 214 g/mol. The van der Waals surface area contributed by atoms with Crippen LogP contribution in [0.4, 0.5) is 0 Å². The van der Waals surface area contributed by atoms with E-state index in [2.05, 4.69) is 23.4 Å². The van der Waals surface area contributed by atoms with Gasteiger partial charge in [-0.25, -0.2) is 4.98 Å². The molecule has 2 rings (SSSR count). The number of hydrogen-bond donors (Lipinski definition) is 1. The molecule has 1 fully saturated rings. The quantitative estimate of drug-likeness (QED) is 0.848. The van der Waals surface area contributed by atoms with Crippen molar-refractivity contribution in [1.29, 1.82) is 0 Å². The van der Waals surface area contributed by atoms with Gasteiger partial charge in [0.2, 0.25) is 0 Å². The van der Waals surface area contributed by atoms with Crippen molar-refractivity contribution >= 4 is 0 Å². The molecule has 96 valence electrons.